The second-order valence-corrected chi connectivity index (χ2v) is 5.11. The number of urea groups is 1. The summed E-state index contributed by atoms with van der Waals surface area (Å²) in [6.07, 6.45) is 3.49. The Bertz CT molecular complexity index is 318. The van der Waals surface area contributed by atoms with Crippen molar-refractivity contribution in [1.82, 2.24) is 15.1 Å². The van der Waals surface area contributed by atoms with Crippen molar-refractivity contribution in [3.8, 4) is 0 Å². The molecular weight excluding hydrogens is 232 g/mol. The Morgan fingerprint density at radius 3 is 2.72 bits per heavy atom. The van der Waals surface area contributed by atoms with Crippen LogP contribution in [0.3, 0.4) is 0 Å². The van der Waals surface area contributed by atoms with Crippen LogP contribution in [-0.4, -0.2) is 60.0 Å². The first-order valence-corrected chi connectivity index (χ1v) is 6.67. The number of carbonyl (C=O) groups excluding carboxylic acids is 2. The predicted molar refractivity (Wildman–Crippen MR) is 68.0 cm³/mol. The molecule has 2 unspecified atom stereocenters. The number of hydrogen-bond donors (Lipinski definition) is 2. The number of nitrogens with zero attached hydrogens (tertiary/aromatic N) is 2. The van der Waals surface area contributed by atoms with Crippen molar-refractivity contribution in [2.24, 2.45) is 5.73 Å². The second-order valence-electron chi connectivity index (χ2n) is 5.11. The van der Waals surface area contributed by atoms with Gasteiger partial charge in [0.25, 0.3) is 0 Å². The minimum absolute atomic E-state index is 0.131. The Labute approximate surface area is 107 Å². The Morgan fingerprint density at radius 1 is 1.33 bits per heavy atom. The van der Waals surface area contributed by atoms with Gasteiger partial charge in [0.15, 0.2) is 0 Å². The van der Waals surface area contributed by atoms with E-state index in [1.807, 2.05) is 0 Å². The SMILES string of the molecule is CC1CCCC(CN)N1CCN1C(=O)CNC1=O. The van der Waals surface area contributed by atoms with Gasteiger partial charge in [-0.2, -0.15) is 0 Å². The third kappa shape index (κ3) is 2.64. The molecule has 2 rings (SSSR count). The first-order chi connectivity index (χ1) is 8.63. The number of piperidine rings is 1. The molecule has 0 saturated carbocycles. The van der Waals surface area contributed by atoms with Crippen molar-refractivity contribution < 1.29 is 9.59 Å². The highest BCUT2D eigenvalue weighted by Gasteiger charge is 2.31. The lowest BCUT2D eigenvalue weighted by Gasteiger charge is -2.40. The first kappa shape index (κ1) is 13.3. The maximum absolute atomic E-state index is 11.5. The molecule has 102 valence electrons. The molecule has 3 amide bonds. The topological polar surface area (TPSA) is 78.7 Å². The zero-order valence-corrected chi connectivity index (χ0v) is 10.9. The molecule has 3 N–H and O–H groups in total. The molecule has 0 spiro atoms. The molecule has 18 heavy (non-hydrogen) atoms. The highest BCUT2D eigenvalue weighted by atomic mass is 16.2. The lowest BCUT2D eigenvalue weighted by molar-refractivity contribution is -0.125. The van der Waals surface area contributed by atoms with Crippen LogP contribution in [0, 0.1) is 0 Å². The van der Waals surface area contributed by atoms with Crippen molar-refractivity contribution in [2.45, 2.75) is 38.3 Å². The number of likely N-dealkylation sites (tertiary alicyclic amines) is 1. The van der Waals surface area contributed by atoms with E-state index in [0.29, 0.717) is 25.2 Å². The molecule has 2 atom stereocenters. The Balaban J connectivity index is 1.91. The molecule has 0 aromatic carbocycles. The van der Waals surface area contributed by atoms with Crippen LogP contribution in [0.25, 0.3) is 0 Å². The van der Waals surface area contributed by atoms with E-state index >= 15 is 0 Å². The molecule has 2 aliphatic rings. The normalized spacial score (nSPS) is 29.8. The maximum Gasteiger partial charge on any atom is 0.324 e. The Kier molecular flexibility index (Phi) is 4.19. The number of nitrogens with one attached hydrogen (secondary N) is 1. The van der Waals surface area contributed by atoms with Gasteiger partial charge in [-0.05, 0) is 19.8 Å². The third-order valence-corrected chi connectivity index (χ3v) is 3.99. The fourth-order valence-electron chi connectivity index (χ4n) is 2.89. The van der Waals surface area contributed by atoms with Gasteiger partial charge in [0.1, 0.15) is 0 Å². The summed E-state index contributed by atoms with van der Waals surface area (Å²) in [5, 5.41) is 2.54. The second kappa shape index (κ2) is 5.67. The van der Waals surface area contributed by atoms with Gasteiger partial charge in [0, 0.05) is 31.7 Å². The summed E-state index contributed by atoms with van der Waals surface area (Å²) in [5.41, 5.74) is 5.79. The average molecular weight is 254 g/mol. The van der Waals surface area contributed by atoms with Gasteiger partial charge in [0.05, 0.1) is 6.54 Å². The predicted octanol–water partition coefficient (Wildman–Crippen LogP) is -0.260. The van der Waals surface area contributed by atoms with Gasteiger partial charge >= 0.3 is 6.03 Å². The van der Waals surface area contributed by atoms with Crippen molar-refractivity contribution in [2.75, 3.05) is 26.2 Å². The van der Waals surface area contributed by atoms with E-state index in [9.17, 15) is 9.59 Å². The molecular formula is C12H22N4O2. The zero-order chi connectivity index (χ0) is 13.1. The molecule has 0 radical (unpaired) electrons. The van der Waals surface area contributed by atoms with Crippen LogP contribution >= 0.6 is 0 Å². The highest BCUT2D eigenvalue weighted by molar-refractivity contribution is 6.01. The standard InChI is InChI=1S/C12H22N4O2/c1-9-3-2-4-10(7-13)15(9)5-6-16-11(17)8-14-12(16)18/h9-10H,2-8,13H2,1H3,(H,14,18). The van der Waals surface area contributed by atoms with Gasteiger partial charge < -0.3 is 11.1 Å². The van der Waals surface area contributed by atoms with Crippen LogP contribution in [0.2, 0.25) is 0 Å². The lowest BCUT2D eigenvalue weighted by Crippen LogP contribution is -2.51. The largest absolute Gasteiger partial charge is 0.329 e. The van der Waals surface area contributed by atoms with Crippen molar-refractivity contribution in [3.63, 3.8) is 0 Å². The van der Waals surface area contributed by atoms with E-state index in [0.717, 1.165) is 19.4 Å². The monoisotopic (exact) mass is 254 g/mol. The third-order valence-electron chi connectivity index (χ3n) is 3.99. The van der Waals surface area contributed by atoms with Crippen LogP contribution in [0.15, 0.2) is 0 Å². The van der Waals surface area contributed by atoms with Gasteiger partial charge in [-0.1, -0.05) is 6.42 Å². The van der Waals surface area contributed by atoms with E-state index in [4.69, 9.17) is 5.73 Å². The molecule has 2 aliphatic heterocycles. The molecule has 2 fully saturated rings. The van der Waals surface area contributed by atoms with Crippen LogP contribution in [-0.2, 0) is 4.79 Å². The smallest absolute Gasteiger partial charge is 0.324 e. The first-order valence-electron chi connectivity index (χ1n) is 6.67. The minimum Gasteiger partial charge on any atom is -0.329 e. The number of hydrogen-bond acceptors (Lipinski definition) is 4. The number of amides is 3. The van der Waals surface area contributed by atoms with E-state index in [-0.39, 0.29) is 18.5 Å². The Morgan fingerprint density at radius 2 is 2.11 bits per heavy atom. The van der Waals surface area contributed by atoms with E-state index in [1.165, 1.54) is 11.3 Å². The van der Waals surface area contributed by atoms with Crippen LogP contribution < -0.4 is 11.1 Å². The molecule has 0 aromatic heterocycles. The molecule has 0 aliphatic carbocycles. The number of nitrogens with two attached hydrogens (primary N) is 1. The minimum atomic E-state index is -0.269. The van der Waals surface area contributed by atoms with Gasteiger partial charge in [-0.25, -0.2) is 4.79 Å². The van der Waals surface area contributed by atoms with E-state index in [2.05, 4.69) is 17.1 Å². The van der Waals surface area contributed by atoms with Gasteiger partial charge in [-0.3, -0.25) is 14.6 Å². The van der Waals surface area contributed by atoms with Gasteiger partial charge in [-0.15, -0.1) is 0 Å². The summed E-state index contributed by atoms with van der Waals surface area (Å²) < 4.78 is 0. The molecule has 6 nitrogen and oxygen atoms in total. The van der Waals surface area contributed by atoms with E-state index < -0.39 is 0 Å². The number of imide groups is 1. The molecule has 2 heterocycles. The van der Waals surface area contributed by atoms with Crippen LogP contribution in [0.4, 0.5) is 4.79 Å². The van der Waals surface area contributed by atoms with Crippen LogP contribution in [0.1, 0.15) is 26.2 Å². The summed E-state index contributed by atoms with van der Waals surface area (Å²) in [6, 6.07) is 0.594. The van der Waals surface area contributed by atoms with E-state index in [1.54, 1.807) is 0 Å². The molecule has 2 saturated heterocycles. The Hall–Kier alpha value is -1.14. The van der Waals surface area contributed by atoms with Crippen molar-refractivity contribution in [1.29, 1.82) is 0 Å². The fraction of sp³-hybridized carbons (Fsp3) is 0.833. The fourth-order valence-corrected chi connectivity index (χ4v) is 2.89. The summed E-state index contributed by atoms with van der Waals surface area (Å²) >= 11 is 0. The van der Waals surface area contributed by atoms with Crippen LogP contribution in [0.5, 0.6) is 0 Å². The summed E-state index contributed by atoms with van der Waals surface area (Å²) in [6.45, 7) is 4.15. The molecule has 6 heteroatoms. The van der Waals surface area contributed by atoms with Crippen molar-refractivity contribution >= 4 is 11.9 Å². The summed E-state index contributed by atoms with van der Waals surface area (Å²) in [4.78, 5) is 26.6. The van der Waals surface area contributed by atoms with Crippen molar-refractivity contribution in [3.05, 3.63) is 0 Å². The highest BCUT2D eigenvalue weighted by Crippen LogP contribution is 2.21. The average Bonchev–Trinajstić information content (AvgIpc) is 2.68. The summed E-state index contributed by atoms with van der Waals surface area (Å²) in [7, 11) is 0. The number of rotatable bonds is 4. The molecule has 0 bridgehead atoms. The summed E-state index contributed by atoms with van der Waals surface area (Å²) in [5.74, 6) is -0.131. The zero-order valence-electron chi connectivity index (χ0n) is 10.9. The maximum atomic E-state index is 11.5. The number of carbonyl (C=O) groups is 2. The molecule has 0 aromatic rings. The quantitative estimate of drug-likeness (QED) is 0.678. The van der Waals surface area contributed by atoms with Gasteiger partial charge in [0.2, 0.25) is 5.91 Å². The lowest BCUT2D eigenvalue weighted by atomic mass is 9.96.